The molecular formula is C33H22N8Na4O15S4. The third-order valence-electron chi connectivity index (χ3n) is 8.30. The predicted octanol–water partition coefficient (Wildman–Crippen LogP) is -9.80. The van der Waals surface area contributed by atoms with Crippen LogP contribution in [0.1, 0.15) is 31.8 Å². The standard InChI is InChI=1S/C33H26N8O15S4.4Na/c1-56-25-12-19(6-7-24(25)39-41-31-27(60(53,54)55)11-16-9-21(58(47,48)49)14-23(35)29(16)33(31)43)38-36-17-2-4-18(5-3-17)37-40-30-26(59(50,51)52)10-15-8-20(57(44,45)46)13-22(34)28(15)32(30)42;;;;/h2-14,37,39H,34-35H2,1H3,(H,44,45,46)(H,47,48,49)(H,50,51,52)(H,53,54,55);;;;/q;4*+1/p-4/b38-36?,40-30+,41-31-;;;;. The minimum Gasteiger partial charge on any atom is -0.744 e. The molecule has 0 amide bonds. The van der Waals surface area contributed by atoms with Gasteiger partial charge < -0.3 is 34.4 Å². The SMILES string of the molecule is COc1cc(N=Nc2ccc(N/N=C3/C(=O)c4c(N)cc(S(=O)(=O)[O-])cc4C=C3S(=O)(=O)[O-])cc2)ccc1N/N=C1\C(=O)c2c(N)cc(S(=O)(=O)[O-])cc2C=C1S(=O)(=O)[O-].[Na+].[Na+].[Na+].[Na+]. The summed E-state index contributed by atoms with van der Waals surface area (Å²) in [4.78, 5) is 22.6. The zero-order chi connectivity index (χ0) is 44.1. The summed E-state index contributed by atoms with van der Waals surface area (Å²) in [6, 6.07) is 12.5. The number of anilines is 4. The molecule has 0 bridgehead atoms. The molecule has 31 heteroatoms. The van der Waals surface area contributed by atoms with Gasteiger partial charge in [0.15, 0.2) is 0 Å². The van der Waals surface area contributed by atoms with Crippen molar-refractivity contribution in [1.29, 1.82) is 0 Å². The Hall–Kier alpha value is -2.72. The molecule has 0 fully saturated rings. The van der Waals surface area contributed by atoms with Crippen molar-refractivity contribution < 1.29 is 184 Å². The van der Waals surface area contributed by atoms with Gasteiger partial charge in [0.25, 0.3) is 0 Å². The summed E-state index contributed by atoms with van der Waals surface area (Å²) in [7, 11) is -19.7. The van der Waals surface area contributed by atoms with Gasteiger partial charge in [-0.3, -0.25) is 20.4 Å². The van der Waals surface area contributed by atoms with Gasteiger partial charge in [0.1, 0.15) is 57.6 Å². The number of nitrogens with two attached hydrogens (primary N) is 2. The van der Waals surface area contributed by atoms with E-state index in [-0.39, 0.29) is 147 Å². The number of benzene rings is 4. The van der Waals surface area contributed by atoms with Crippen LogP contribution in [0.3, 0.4) is 0 Å². The number of nitrogens with one attached hydrogen (secondary N) is 2. The average Bonchev–Trinajstić information content (AvgIpc) is 3.14. The van der Waals surface area contributed by atoms with E-state index in [1.807, 2.05) is 0 Å². The Morgan fingerprint density at radius 3 is 1.36 bits per heavy atom. The van der Waals surface area contributed by atoms with E-state index in [1.165, 1.54) is 49.6 Å². The topological polar surface area (TPSA) is 398 Å². The van der Waals surface area contributed by atoms with E-state index in [4.69, 9.17) is 16.2 Å². The first-order valence-electron chi connectivity index (χ1n) is 16.0. The van der Waals surface area contributed by atoms with Crippen molar-refractivity contribution >= 4 is 110 Å². The molecule has 4 aromatic carbocycles. The van der Waals surface area contributed by atoms with Gasteiger partial charge in [0, 0.05) is 17.4 Å². The van der Waals surface area contributed by atoms with Gasteiger partial charge in [-0.2, -0.15) is 20.4 Å². The van der Waals surface area contributed by atoms with Gasteiger partial charge in [0.05, 0.1) is 60.6 Å². The van der Waals surface area contributed by atoms with Crippen LogP contribution in [0.4, 0.5) is 34.1 Å². The molecule has 4 aromatic rings. The summed E-state index contributed by atoms with van der Waals surface area (Å²) < 4.78 is 147. The smallest absolute Gasteiger partial charge is 0.744 e. The Bertz CT molecular complexity index is 3200. The predicted molar refractivity (Wildman–Crippen MR) is 207 cm³/mol. The van der Waals surface area contributed by atoms with Gasteiger partial charge in [-0.15, -0.1) is 0 Å². The zero-order valence-corrected chi connectivity index (χ0v) is 45.0. The normalized spacial score (nSPS) is 15.0. The maximum Gasteiger partial charge on any atom is 1.00 e. The van der Waals surface area contributed by atoms with Crippen molar-refractivity contribution in [2.24, 2.45) is 20.4 Å². The van der Waals surface area contributed by atoms with E-state index in [0.717, 1.165) is 0 Å². The van der Waals surface area contributed by atoms with Gasteiger partial charge in [-0.25, -0.2) is 33.7 Å². The fourth-order valence-corrected chi connectivity index (χ4v) is 8.00. The number of ketones is 2. The second-order valence-corrected chi connectivity index (χ2v) is 17.7. The number of nitrogen functional groups attached to an aromatic ring is 2. The second kappa shape index (κ2) is 21.9. The number of methoxy groups -OCH3 is 1. The van der Waals surface area contributed by atoms with Crippen LogP contribution in [0.25, 0.3) is 12.2 Å². The minimum absolute atomic E-state index is 0. The molecule has 2 aliphatic rings. The molecule has 0 spiro atoms. The van der Waals surface area contributed by atoms with Crippen LogP contribution >= 0.6 is 0 Å². The van der Waals surface area contributed by atoms with Crippen LogP contribution in [-0.2, 0) is 40.5 Å². The third kappa shape index (κ3) is 12.8. The number of hydrazone groups is 2. The quantitative estimate of drug-likeness (QED) is 0.0356. The fraction of sp³-hybridized carbons (Fsp3) is 0.0303. The van der Waals surface area contributed by atoms with Crippen LogP contribution in [-0.4, -0.2) is 82.0 Å². The van der Waals surface area contributed by atoms with Crippen LogP contribution in [0.15, 0.2) is 107 Å². The number of hydrogen-bond acceptors (Lipinski definition) is 23. The van der Waals surface area contributed by atoms with Gasteiger partial charge >= 0.3 is 118 Å². The van der Waals surface area contributed by atoms with Gasteiger partial charge in [-0.05, 0) is 83.9 Å². The van der Waals surface area contributed by atoms with E-state index in [0.29, 0.717) is 36.4 Å². The first kappa shape index (κ1) is 57.4. The van der Waals surface area contributed by atoms with Crippen molar-refractivity contribution in [2.45, 2.75) is 9.79 Å². The Kier molecular flexibility index (Phi) is 19.7. The zero-order valence-electron chi connectivity index (χ0n) is 33.7. The van der Waals surface area contributed by atoms with E-state index >= 15 is 0 Å². The summed E-state index contributed by atoms with van der Waals surface area (Å²) in [6.45, 7) is 0. The monoisotopic (exact) mass is 990 g/mol. The molecule has 6 rings (SSSR count). The number of carbonyl (C=O) groups excluding carboxylic acids is 2. The number of carbonyl (C=O) groups is 2. The molecule has 23 nitrogen and oxygen atoms in total. The van der Waals surface area contributed by atoms with Gasteiger partial charge in [-0.1, -0.05) is 0 Å². The van der Waals surface area contributed by atoms with Crippen molar-refractivity contribution in [2.75, 3.05) is 29.4 Å². The first-order chi connectivity index (χ1) is 27.9. The largest absolute Gasteiger partial charge is 1.00 e. The molecule has 0 radical (unpaired) electrons. The Balaban J connectivity index is 0.00000352. The van der Waals surface area contributed by atoms with Crippen LogP contribution in [0.5, 0.6) is 5.75 Å². The van der Waals surface area contributed by atoms with Crippen molar-refractivity contribution in [3.63, 3.8) is 0 Å². The number of allylic oxidation sites excluding steroid dienone is 2. The number of hydrogen-bond donors (Lipinski definition) is 4. The van der Waals surface area contributed by atoms with E-state index in [1.54, 1.807) is 0 Å². The summed E-state index contributed by atoms with van der Waals surface area (Å²) in [5.74, 6) is -2.29. The number of fused-ring (bicyclic) bond motifs is 2. The second-order valence-electron chi connectivity index (χ2n) is 12.2. The Morgan fingerprint density at radius 1 is 0.547 bits per heavy atom. The summed E-state index contributed by atoms with van der Waals surface area (Å²) in [6.07, 6.45) is 1.34. The van der Waals surface area contributed by atoms with Crippen LogP contribution < -0.4 is 145 Å². The number of ether oxygens (including phenoxy) is 1. The molecule has 6 N–H and O–H groups in total. The van der Waals surface area contributed by atoms with E-state index in [2.05, 4.69) is 31.3 Å². The third-order valence-corrected chi connectivity index (χ3v) is 11.6. The Morgan fingerprint density at radius 2 is 0.953 bits per heavy atom. The molecular weight excluding hydrogens is 969 g/mol. The molecule has 0 aliphatic heterocycles. The van der Waals surface area contributed by atoms with E-state index < -0.39 is 117 Å². The molecule has 0 saturated heterocycles. The fourth-order valence-electron chi connectivity index (χ4n) is 5.62. The maximum absolute atomic E-state index is 13.3. The number of azo groups is 1. The molecule has 2 aliphatic carbocycles. The summed E-state index contributed by atoms with van der Waals surface area (Å²) in [5, 5.41) is 15.8. The first-order valence-corrected chi connectivity index (χ1v) is 21.6. The molecule has 312 valence electrons. The molecule has 0 aromatic heterocycles. The number of Topliss-reactive ketones (excluding diaryl/α,β-unsaturated/α-hetero) is 2. The van der Waals surface area contributed by atoms with Crippen LogP contribution in [0.2, 0.25) is 0 Å². The number of nitrogens with zero attached hydrogens (tertiary/aromatic N) is 4. The van der Waals surface area contributed by atoms with Crippen molar-refractivity contribution in [1.82, 2.24) is 0 Å². The van der Waals surface area contributed by atoms with Crippen molar-refractivity contribution in [3.8, 4) is 5.75 Å². The van der Waals surface area contributed by atoms with Crippen molar-refractivity contribution in [3.05, 3.63) is 98.8 Å². The van der Waals surface area contributed by atoms with Crippen LogP contribution in [0, 0.1) is 0 Å². The van der Waals surface area contributed by atoms with E-state index in [9.17, 15) is 61.5 Å². The molecule has 0 saturated carbocycles. The average molecular weight is 991 g/mol. The summed E-state index contributed by atoms with van der Waals surface area (Å²) in [5.41, 5.74) is 12.8. The van der Waals surface area contributed by atoms with Gasteiger partial charge in [0.2, 0.25) is 11.6 Å². The molecule has 0 unspecified atom stereocenters. The molecule has 0 heterocycles. The molecule has 0 atom stereocenters. The number of rotatable bonds is 11. The minimum atomic E-state index is -5.40. The maximum atomic E-state index is 13.3. The molecule has 64 heavy (non-hydrogen) atoms. The summed E-state index contributed by atoms with van der Waals surface area (Å²) >= 11 is 0. The Labute approximate surface area is 452 Å².